The van der Waals surface area contributed by atoms with E-state index in [9.17, 15) is 9.59 Å². The van der Waals surface area contributed by atoms with Gasteiger partial charge in [0.1, 0.15) is 11.7 Å². The van der Waals surface area contributed by atoms with Crippen molar-refractivity contribution in [3.05, 3.63) is 24.3 Å². The number of hydrogen-bond acceptors (Lipinski definition) is 5. The molecular formula is C23H29NO4. The third-order valence-electron chi connectivity index (χ3n) is 9.57. The van der Waals surface area contributed by atoms with Crippen LogP contribution in [0, 0.1) is 23.2 Å². The minimum absolute atomic E-state index is 0.0288. The first-order valence-corrected chi connectivity index (χ1v) is 10.8. The Labute approximate surface area is 166 Å². The Kier molecular flexibility index (Phi) is 3.21. The first-order chi connectivity index (χ1) is 13.4. The number of likely N-dealkylation sites (tertiary alicyclic amines) is 1. The Bertz CT molecular complexity index is 834. The summed E-state index contributed by atoms with van der Waals surface area (Å²) in [6.07, 6.45) is 11.3. The summed E-state index contributed by atoms with van der Waals surface area (Å²) in [5, 5.41) is 0. The SMILES string of the molecule is C/C=C/C=C/C(=O)OC1CCC2C[C@@H]3[C@@H]4C5(CC(=O)[C@]6(C)OC1C2[C@]46C5)N3C. The van der Waals surface area contributed by atoms with Gasteiger partial charge < -0.3 is 9.47 Å². The maximum Gasteiger partial charge on any atom is 0.331 e. The number of carbonyl (C=O) groups excluding carboxylic acids is 2. The number of allylic oxidation sites excluding steroid dienone is 3. The molecule has 2 aliphatic heterocycles. The van der Waals surface area contributed by atoms with Crippen LogP contribution in [0.1, 0.15) is 46.0 Å². The molecule has 0 radical (unpaired) electrons. The third-order valence-corrected chi connectivity index (χ3v) is 9.57. The summed E-state index contributed by atoms with van der Waals surface area (Å²) in [5.74, 6) is 1.48. The van der Waals surface area contributed by atoms with Crippen molar-refractivity contribution in [3.63, 3.8) is 0 Å². The normalized spacial score (nSPS) is 55.8. The molecule has 5 unspecified atom stereocenters. The second-order valence-electron chi connectivity index (χ2n) is 10.2. The molecule has 0 N–H and O–H groups in total. The van der Waals surface area contributed by atoms with Gasteiger partial charge >= 0.3 is 5.97 Å². The number of hydrogen-bond donors (Lipinski definition) is 0. The number of carbonyl (C=O) groups is 2. The van der Waals surface area contributed by atoms with Gasteiger partial charge in [0.15, 0.2) is 5.78 Å². The van der Waals surface area contributed by atoms with Gasteiger partial charge in [0.25, 0.3) is 0 Å². The van der Waals surface area contributed by atoms with E-state index in [2.05, 4.69) is 18.9 Å². The van der Waals surface area contributed by atoms with Crippen LogP contribution in [0.2, 0.25) is 0 Å². The van der Waals surface area contributed by atoms with Gasteiger partial charge in [-0.2, -0.15) is 0 Å². The molecule has 0 aromatic carbocycles. The standard InChI is InChI=1S/C23H29NO4/c1-4-5-6-7-17(26)27-15-9-8-13-10-14-20-22(24(14)3)11-16(25)21(2)23(20,12-22)18(13)19(15)28-21/h4-7,13-15,18-20H,8-12H2,1-3H3/b5-4+,7-6+/t13?,14-,15?,18?,19?,20-,21+,22?,23-/m1/s1. The number of ether oxygens (including phenoxy) is 2. The minimum atomic E-state index is -0.692. The number of ketones is 1. The Hall–Kier alpha value is -1.46. The van der Waals surface area contributed by atoms with Crippen LogP contribution in [0.25, 0.3) is 0 Å². The van der Waals surface area contributed by atoms with Gasteiger partial charge in [-0.1, -0.05) is 18.2 Å². The molecule has 2 heterocycles. The van der Waals surface area contributed by atoms with Crippen molar-refractivity contribution in [2.24, 2.45) is 23.2 Å². The molecule has 5 heteroatoms. The number of rotatable bonds is 3. The quantitative estimate of drug-likeness (QED) is 0.426. The van der Waals surface area contributed by atoms with Crippen molar-refractivity contribution in [3.8, 4) is 0 Å². The monoisotopic (exact) mass is 383 g/mol. The van der Waals surface area contributed by atoms with Crippen LogP contribution >= 0.6 is 0 Å². The summed E-state index contributed by atoms with van der Waals surface area (Å²) in [5.41, 5.74) is -0.620. The van der Waals surface area contributed by atoms with E-state index in [1.54, 1.807) is 6.08 Å². The molecule has 0 aromatic heterocycles. The molecule has 0 amide bonds. The van der Waals surface area contributed by atoms with Crippen LogP contribution in [0.3, 0.4) is 0 Å². The second-order valence-corrected chi connectivity index (χ2v) is 10.2. The topological polar surface area (TPSA) is 55.8 Å². The van der Waals surface area contributed by atoms with E-state index in [1.165, 1.54) is 12.5 Å². The highest BCUT2D eigenvalue weighted by Crippen LogP contribution is 2.84. The molecule has 6 fully saturated rings. The number of piperidine rings is 1. The fraction of sp³-hybridized carbons (Fsp3) is 0.739. The Morgan fingerprint density at radius 3 is 2.93 bits per heavy atom. The Morgan fingerprint density at radius 2 is 2.14 bits per heavy atom. The van der Waals surface area contributed by atoms with Crippen molar-refractivity contribution in [1.29, 1.82) is 0 Å². The van der Waals surface area contributed by atoms with E-state index in [-0.39, 0.29) is 34.9 Å². The van der Waals surface area contributed by atoms with Crippen LogP contribution in [0.4, 0.5) is 0 Å². The summed E-state index contributed by atoms with van der Waals surface area (Å²) in [4.78, 5) is 28.1. The average molecular weight is 383 g/mol. The highest BCUT2D eigenvalue weighted by Gasteiger charge is 2.91. The summed E-state index contributed by atoms with van der Waals surface area (Å²) >= 11 is 0. The van der Waals surface area contributed by atoms with Gasteiger partial charge in [0, 0.05) is 41.3 Å². The molecule has 150 valence electrons. The lowest BCUT2D eigenvalue weighted by molar-refractivity contribution is -0.353. The summed E-state index contributed by atoms with van der Waals surface area (Å²) in [6.45, 7) is 3.97. The fourth-order valence-corrected chi connectivity index (χ4v) is 8.66. The zero-order valence-corrected chi connectivity index (χ0v) is 16.9. The summed E-state index contributed by atoms with van der Waals surface area (Å²) in [6, 6.07) is 0.604. The van der Waals surface area contributed by atoms with Gasteiger partial charge in [-0.05, 0) is 52.5 Å². The van der Waals surface area contributed by atoms with Crippen LogP contribution in [-0.2, 0) is 19.1 Å². The maximum absolute atomic E-state index is 13.3. The van der Waals surface area contributed by atoms with Gasteiger partial charge in [0.05, 0.1) is 6.10 Å². The number of nitrogens with zero attached hydrogens (tertiary/aromatic N) is 1. The number of esters is 1. The zero-order chi connectivity index (χ0) is 19.5. The molecule has 28 heavy (non-hydrogen) atoms. The molecule has 6 rings (SSSR count). The predicted molar refractivity (Wildman–Crippen MR) is 102 cm³/mol. The van der Waals surface area contributed by atoms with E-state index in [0.717, 1.165) is 19.3 Å². The largest absolute Gasteiger partial charge is 0.456 e. The Balaban J connectivity index is 1.34. The van der Waals surface area contributed by atoms with Gasteiger partial charge in [-0.3, -0.25) is 9.69 Å². The average Bonchev–Trinajstić information content (AvgIpc) is 2.94. The smallest absolute Gasteiger partial charge is 0.331 e. The van der Waals surface area contributed by atoms with E-state index in [1.807, 2.05) is 19.1 Å². The van der Waals surface area contributed by atoms with Crippen LogP contribution < -0.4 is 0 Å². The molecule has 5 nitrogen and oxygen atoms in total. The van der Waals surface area contributed by atoms with E-state index in [4.69, 9.17) is 9.47 Å². The van der Waals surface area contributed by atoms with Crippen LogP contribution in [0.15, 0.2) is 24.3 Å². The highest BCUT2D eigenvalue weighted by atomic mass is 16.6. The molecule has 6 aliphatic rings. The molecular weight excluding hydrogens is 354 g/mol. The summed E-state index contributed by atoms with van der Waals surface area (Å²) < 4.78 is 12.5. The predicted octanol–water partition coefficient (Wildman–Crippen LogP) is 2.65. The highest BCUT2D eigenvalue weighted by molar-refractivity contribution is 5.93. The van der Waals surface area contributed by atoms with Crippen molar-refractivity contribution in [2.45, 2.75) is 75.3 Å². The molecule has 2 bridgehead atoms. The molecule has 4 aliphatic carbocycles. The van der Waals surface area contributed by atoms with Gasteiger partial charge in [0.2, 0.25) is 0 Å². The van der Waals surface area contributed by atoms with E-state index >= 15 is 0 Å². The van der Waals surface area contributed by atoms with Crippen LogP contribution in [-0.4, -0.2) is 53.1 Å². The van der Waals surface area contributed by atoms with Crippen molar-refractivity contribution in [2.75, 3.05) is 7.05 Å². The van der Waals surface area contributed by atoms with Crippen LogP contribution in [0.5, 0.6) is 0 Å². The van der Waals surface area contributed by atoms with Crippen molar-refractivity contribution in [1.82, 2.24) is 4.90 Å². The molecule has 0 aromatic rings. The summed E-state index contributed by atoms with van der Waals surface area (Å²) in [7, 11) is 2.22. The van der Waals surface area contributed by atoms with Crippen molar-refractivity contribution < 1.29 is 19.1 Å². The minimum Gasteiger partial charge on any atom is -0.456 e. The van der Waals surface area contributed by atoms with E-state index < -0.39 is 5.60 Å². The number of Topliss-reactive ketones (excluding diaryl/α,β-unsaturated/α-hetero) is 1. The van der Waals surface area contributed by atoms with Gasteiger partial charge in [-0.15, -0.1) is 0 Å². The van der Waals surface area contributed by atoms with Gasteiger partial charge in [-0.25, -0.2) is 4.79 Å². The lowest BCUT2D eigenvalue weighted by atomic mass is 9.26. The first-order valence-electron chi connectivity index (χ1n) is 10.8. The Morgan fingerprint density at radius 1 is 1.32 bits per heavy atom. The zero-order valence-electron chi connectivity index (χ0n) is 16.9. The lowest BCUT2D eigenvalue weighted by Gasteiger charge is -2.85. The van der Waals surface area contributed by atoms with Crippen molar-refractivity contribution >= 4 is 11.8 Å². The third kappa shape index (κ3) is 1.62. The second kappa shape index (κ2) is 5.17. The lowest BCUT2D eigenvalue weighted by Crippen LogP contribution is -2.93. The molecule has 9 atom stereocenters. The molecule has 2 saturated heterocycles. The fourth-order valence-electron chi connectivity index (χ4n) is 8.66. The maximum atomic E-state index is 13.3. The van der Waals surface area contributed by atoms with E-state index in [0.29, 0.717) is 30.2 Å². The molecule has 1 spiro atoms. The molecule has 4 saturated carbocycles. The first kappa shape index (κ1) is 17.4.